The third-order valence-electron chi connectivity index (χ3n) is 2.79. The lowest BCUT2D eigenvalue weighted by molar-refractivity contribution is 0.285. The Labute approximate surface area is 133 Å². The molecular formula is C11H23I2O3P. The largest absolute Gasteiger partial charge is 0.396 e. The molecule has 0 heterocycles. The third-order valence-corrected chi connectivity index (χ3v) is 9.90. The summed E-state index contributed by atoms with van der Waals surface area (Å²) in [5.41, 5.74) is 1.13. The van der Waals surface area contributed by atoms with Gasteiger partial charge in [-0.2, -0.15) is 0 Å². The number of alkyl halides is 2. The van der Waals surface area contributed by atoms with Crippen molar-refractivity contribution in [2.24, 2.45) is 0 Å². The topological polar surface area (TPSA) is 60.7 Å². The second kappa shape index (κ2) is 12.8. The predicted octanol–water partition coefficient (Wildman–Crippen LogP) is 2.22. The Morgan fingerprint density at radius 1 is 0.824 bits per heavy atom. The van der Waals surface area contributed by atoms with Crippen molar-refractivity contribution in [2.75, 3.05) is 34.8 Å². The van der Waals surface area contributed by atoms with Gasteiger partial charge < -0.3 is 15.3 Å². The Bertz CT molecular complexity index is 161. The maximum Gasteiger partial charge on any atom is 0.0437 e. The van der Waals surface area contributed by atoms with E-state index in [1.165, 1.54) is 0 Å². The molecule has 0 aromatic rings. The standard InChI is InChI=1S/C11H23I2O3P/c12-8-10(2-5-15)17(7-1-4-14)11(9-13)3-6-16/h10-11,14-16H,1-9H2. The zero-order chi connectivity index (χ0) is 13.1. The monoisotopic (exact) mass is 488 g/mol. The van der Waals surface area contributed by atoms with Crippen LogP contribution in [0.1, 0.15) is 19.3 Å². The van der Waals surface area contributed by atoms with Gasteiger partial charge in [0.1, 0.15) is 0 Å². The van der Waals surface area contributed by atoms with Gasteiger partial charge >= 0.3 is 0 Å². The van der Waals surface area contributed by atoms with Gasteiger partial charge in [0.15, 0.2) is 0 Å². The van der Waals surface area contributed by atoms with Crippen molar-refractivity contribution in [3.05, 3.63) is 0 Å². The summed E-state index contributed by atoms with van der Waals surface area (Å²) >= 11 is 4.79. The minimum atomic E-state index is -0.200. The summed E-state index contributed by atoms with van der Waals surface area (Å²) in [7, 11) is -0.200. The molecule has 3 N–H and O–H groups in total. The number of aliphatic hydroxyl groups is 3. The van der Waals surface area contributed by atoms with Crippen LogP contribution >= 0.6 is 53.1 Å². The highest BCUT2D eigenvalue weighted by molar-refractivity contribution is 14.1. The molecule has 0 aliphatic carbocycles. The molecule has 2 atom stereocenters. The van der Waals surface area contributed by atoms with Crippen LogP contribution in [0.25, 0.3) is 0 Å². The van der Waals surface area contributed by atoms with Crippen molar-refractivity contribution in [2.45, 2.75) is 30.6 Å². The molecule has 2 unspecified atom stereocenters. The molecule has 17 heavy (non-hydrogen) atoms. The first-order chi connectivity index (χ1) is 8.24. The molecule has 0 rings (SSSR count). The minimum Gasteiger partial charge on any atom is -0.396 e. The Balaban J connectivity index is 4.54. The number of hydrogen-bond donors (Lipinski definition) is 3. The fourth-order valence-corrected chi connectivity index (χ4v) is 8.88. The third kappa shape index (κ3) is 7.82. The van der Waals surface area contributed by atoms with Crippen molar-refractivity contribution in [1.82, 2.24) is 0 Å². The van der Waals surface area contributed by atoms with Gasteiger partial charge in [0, 0.05) is 28.7 Å². The highest BCUT2D eigenvalue weighted by Gasteiger charge is 2.26. The van der Waals surface area contributed by atoms with Crippen molar-refractivity contribution >= 4 is 53.1 Å². The van der Waals surface area contributed by atoms with Gasteiger partial charge in [-0.15, -0.1) is 0 Å². The predicted molar refractivity (Wildman–Crippen MR) is 92.2 cm³/mol. The van der Waals surface area contributed by atoms with Gasteiger partial charge in [0.25, 0.3) is 0 Å². The van der Waals surface area contributed by atoms with E-state index in [2.05, 4.69) is 45.2 Å². The molecule has 0 radical (unpaired) electrons. The lowest BCUT2D eigenvalue weighted by Gasteiger charge is -2.32. The summed E-state index contributed by atoms with van der Waals surface area (Å²) in [5, 5.41) is 27.3. The summed E-state index contributed by atoms with van der Waals surface area (Å²) in [5.74, 6) is 0. The summed E-state index contributed by atoms with van der Waals surface area (Å²) in [4.78, 5) is 0. The van der Waals surface area contributed by atoms with E-state index in [0.717, 1.165) is 34.3 Å². The quantitative estimate of drug-likeness (QED) is 0.238. The molecule has 0 aliphatic rings. The smallest absolute Gasteiger partial charge is 0.0437 e. The van der Waals surface area contributed by atoms with Crippen LogP contribution in [0.4, 0.5) is 0 Å². The zero-order valence-electron chi connectivity index (χ0n) is 10.1. The maximum absolute atomic E-state index is 9.13. The van der Waals surface area contributed by atoms with Crippen LogP contribution in [-0.4, -0.2) is 61.5 Å². The normalized spacial score (nSPS) is 16.8. The fourth-order valence-electron chi connectivity index (χ4n) is 1.88. The van der Waals surface area contributed by atoms with E-state index in [4.69, 9.17) is 15.3 Å². The second-order valence-corrected chi connectivity index (χ2v) is 8.65. The molecule has 0 spiro atoms. The first-order valence-electron chi connectivity index (χ1n) is 5.95. The van der Waals surface area contributed by atoms with E-state index in [-0.39, 0.29) is 27.7 Å². The lowest BCUT2D eigenvalue weighted by atomic mass is 10.3. The van der Waals surface area contributed by atoms with Crippen LogP contribution in [0.2, 0.25) is 0 Å². The van der Waals surface area contributed by atoms with Gasteiger partial charge in [-0.05, 0) is 36.7 Å². The SMILES string of the molecule is OCCCP(C(CI)CCO)C(CI)CCO. The molecule has 6 heteroatoms. The maximum atomic E-state index is 9.13. The van der Waals surface area contributed by atoms with Gasteiger partial charge in [0.05, 0.1) is 0 Å². The van der Waals surface area contributed by atoms with E-state index in [9.17, 15) is 0 Å². The van der Waals surface area contributed by atoms with Crippen molar-refractivity contribution in [3.63, 3.8) is 0 Å². The van der Waals surface area contributed by atoms with Gasteiger partial charge in [0.2, 0.25) is 0 Å². The van der Waals surface area contributed by atoms with Gasteiger partial charge in [-0.3, -0.25) is 0 Å². The van der Waals surface area contributed by atoms with Crippen LogP contribution in [0.15, 0.2) is 0 Å². The Kier molecular flexibility index (Phi) is 14.1. The summed E-state index contributed by atoms with van der Waals surface area (Å²) in [6.45, 7) is 0.746. The van der Waals surface area contributed by atoms with Gasteiger partial charge in [-0.25, -0.2) is 0 Å². The molecule has 0 fully saturated rings. The molecule has 104 valence electrons. The van der Waals surface area contributed by atoms with Crippen molar-refractivity contribution < 1.29 is 15.3 Å². The molecule has 3 nitrogen and oxygen atoms in total. The number of rotatable bonds is 11. The number of halogens is 2. The molecule has 0 aromatic heterocycles. The Morgan fingerprint density at radius 2 is 1.29 bits per heavy atom. The molecule has 0 saturated carbocycles. The van der Waals surface area contributed by atoms with E-state index in [1.807, 2.05) is 0 Å². The van der Waals surface area contributed by atoms with Crippen LogP contribution in [0.5, 0.6) is 0 Å². The second-order valence-electron chi connectivity index (χ2n) is 3.96. The average Bonchev–Trinajstić information content (AvgIpc) is 2.36. The van der Waals surface area contributed by atoms with E-state index >= 15 is 0 Å². The Morgan fingerprint density at radius 3 is 1.59 bits per heavy atom. The van der Waals surface area contributed by atoms with Gasteiger partial charge in [-0.1, -0.05) is 53.1 Å². The first kappa shape index (κ1) is 18.8. The number of hydrogen-bond acceptors (Lipinski definition) is 3. The van der Waals surface area contributed by atoms with Crippen molar-refractivity contribution in [3.8, 4) is 0 Å². The highest BCUT2D eigenvalue weighted by atomic mass is 127. The van der Waals surface area contributed by atoms with Crippen LogP contribution in [0, 0.1) is 0 Å². The van der Waals surface area contributed by atoms with Crippen molar-refractivity contribution in [1.29, 1.82) is 0 Å². The van der Waals surface area contributed by atoms with E-state index < -0.39 is 0 Å². The first-order valence-corrected chi connectivity index (χ1v) is 10.7. The molecule has 0 bridgehead atoms. The van der Waals surface area contributed by atoms with Crippen LogP contribution < -0.4 is 0 Å². The summed E-state index contributed by atoms with van der Waals surface area (Å²) < 4.78 is 2.13. The van der Waals surface area contributed by atoms with E-state index in [0.29, 0.717) is 11.3 Å². The average molecular weight is 488 g/mol. The molecule has 0 amide bonds. The highest BCUT2D eigenvalue weighted by Crippen LogP contribution is 2.50. The van der Waals surface area contributed by atoms with Crippen LogP contribution in [-0.2, 0) is 0 Å². The van der Waals surface area contributed by atoms with Crippen LogP contribution in [0.3, 0.4) is 0 Å². The lowest BCUT2D eigenvalue weighted by Crippen LogP contribution is -2.22. The Hall–Kier alpha value is 1.77. The molecule has 0 saturated heterocycles. The van der Waals surface area contributed by atoms with E-state index in [1.54, 1.807) is 0 Å². The zero-order valence-corrected chi connectivity index (χ0v) is 15.3. The fraction of sp³-hybridized carbons (Fsp3) is 1.00. The summed E-state index contributed by atoms with van der Waals surface area (Å²) in [6, 6.07) is 0. The minimum absolute atomic E-state index is 0.200. The number of aliphatic hydroxyl groups excluding tert-OH is 3. The molecule has 0 aromatic carbocycles. The molecular weight excluding hydrogens is 465 g/mol. The summed E-state index contributed by atoms with van der Waals surface area (Å²) in [6.07, 6.45) is 3.63. The molecule has 0 aliphatic heterocycles.